The third kappa shape index (κ3) is 2.73. The quantitative estimate of drug-likeness (QED) is 0.673. The highest BCUT2D eigenvalue weighted by atomic mass is 19.2. The molecule has 0 spiro atoms. The van der Waals surface area contributed by atoms with E-state index in [0.29, 0.717) is 18.2 Å². The van der Waals surface area contributed by atoms with Gasteiger partial charge in [0.25, 0.3) is 5.69 Å². The number of hydrogen-bond acceptors (Lipinski definition) is 5. The van der Waals surface area contributed by atoms with Crippen molar-refractivity contribution in [2.75, 3.05) is 5.32 Å². The largest absolute Gasteiger partial charge is 0.444 e. The first-order valence-corrected chi connectivity index (χ1v) is 5.82. The molecule has 1 N–H and O–H groups in total. The van der Waals surface area contributed by atoms with Gasteiger partial charge in [0.05, 0.1) is 17.7 Å². The van der Waals surface area contributed by atoms with Crippen LogP contribution in [0.25, 0.3) is 0 Å². The Kier molecular flexibility index (Phi) is 3.92. The third-order valence-electron chi connectivity index (χ3n) is 2.64. The van der Waals surface area contributed by atoms with E-state index in [1.54, 1.807) is 0 Å². The fourth-order valence-corrected chi connectivity index (χ4v) is 1.62. The molecule has 0 aliphatic rings. The number of nitro groups is 1. The second-order valence-electron chi connectivity index (χ2n) is 3.94. The molecule has 0 unspecified atom stereocenters. The van der Waals surface area contributed by atoms with E-state index in [0.717, 1.165) is 6.07 Å². The molecule has 0 aliphatic heterocycles. The Balaban J connectivity index is 2.23. The lowest BCUT2D eigenvalue weighted by Gasteiger charge is -2.06. The summed E-state index contributed by atoms with van der Waals surface area (Å²) in [6, 6.07) is 1.60. The van der Waals surface area contributed by atoms with E-state index in [2.05, 4.69) is 10.3 Å². The van der Waals surface area contributed by atoms with Crippen LogP contribution in [0.5, 0.6) is 0 Å². The zero-order chi connectivity index (χ0) is 14.7. The number of anilines is 1. The fraction of sp³-hybridized carbons (Fsp3) is 0.250. The maximum absolute atomic E-state index is 13.6. The van der Waals surface area contributed by atoms with Crippen LogP contribution < -0.4 is 5.32 Å². The number of oxazole rings is 1. The summed E-state index contributed by atoms with van der Waals surface area (Å²) < 4.78 is 32.0. The number of nitro benzene ring substituents is 1. The van der Waals surface area contributed by atoms with Crippen LogP contribution in [0, 0.1) is 21.7 Å². The van der Waals surface area contributed by atoms with Crippen molar-refractivity contribution >= 4 is 11.4 Å². The van der Waals surface area contributed by atoms with E-state index in [1.807, 2.05) is 6.92 Å². The molecule has 0 radical (unpaired) electrons. The molecule has 1 aromatic heterocycles. The molecule has 2 aromatic rings. The lowest BCUT2D eigenvalue weighted by molar-refractivity contribution is -0.384. The Morgan fingerprint density at radius 1 is 1.45 bits per heavy atom. The Morgan fingerprint density at radius 2 is 2.20 bits per heavy atom. The van der Waals surface area contributed by atoms with Gasteiger partial charge in [0.1, 0.15) is 5.76 Å². The predicted octanol–water partition coefficient (Wildman–Crippen LogP) is 3.04. The summed E-state index contributed by atoms with van der Waals surface area (Å²) >= 11 is 0. The Labute approximate surface area is 112 Å². The Hall–Kier alpha value is -2.51. The van der Waals surface area contributed by atoms with Gasteiger partial charge in [0.15, 0.2) is 17.3 Å². The lowest BCUT2D eigenvalue weighted by atomic mass is 10.2. The van der Waals surface area contributed by atoms with Gasteiger partial charge in [-0.2, -0.15) is 0 Å². The topological polar surface area (TPSA) is 81.2 Å². The predicted molar refractivity (Wildman–Crippen MR) is 66.2 cm³/mol. The summed E-state index contributed by atoms with van der Waals surface area (Å²) in [5.74, 6) is -1.60. The minimum Gasteiger partial charge on any atom is -0.444 e. The standard InChI is InChI=1S/C12H11F2N3O3/c1-2-7-5-15-10(20-7)6-16-12-9(17(18)19)4-3-8(13)11(12)14/h3-5,16H,2,6H2,1H3. The molecule has 0 saturated heterocycles. The van der Waals surface area contributed by atoms with Crippen molar-refractivity contribution in [2.45, 2.75) is 19.9 Å². The zero-order valence-corrected chi connectivity index (χ0v) is 10.5. The van der Waals surface area contributed by atoms with E-state index in [-0.39, 0.29) is 12.4 Å². The second-order valence-corrected chi connectivity index (χ2v) is 3.94. The van der Waals surface area contributed by atoms with E-state index in [9.17, 15) is 18.9 Å². The smallest absolute Gasteiger partial charge is 0.295 e. The second kappa shape index (κ2) is 5.64. The molecule has 1 heterocycles. The van der Waals surface area contributed by atoms with Crippen molar-refractivity contribution < 1.29 is 18.1 Å². The monoisotopic (exact) mass is 283 g/mol. The van der Waals surface area contributed by atoms with Gasteiger partial charge in [0.2, 0.25) is 5.89 Å². The van der Waals surface area contributed by atoms with Crippen molar-refractivity contribution in [3.8, 4) is 0 Å². The average Bonchev–Trinajstić information content (AvgIpc) is 2.88. The van der Waals surface area contributed by atoms with Crippen molar-refractivity contribution in [3.63, 3.8) is 0 Å². The van der Waals surface area contributed by atoms with Crippen LogP contribution >= 0.6 is 0 Å². The molecular weight excluding hydrogens is 272 g/mol. The first-order chi connectivity index (χ1) is 9.52. The summed E-state index contributed by atoms with van der Waals surface area (Å²) in [4.78, 5) is 13.9. The van der Waals surface area contributed by atoms with E-state index >= 15 is 0 Å². The van der Waals surface area contributed by atoms with Crippen LogP contribution in [-0.4, -0.2) is 9.91 Å². The molecule has 8 heteroatoms. The molecule has 2 rings (SSSR count). The van der Waals surface area contributed by atoms with Gasteiger partial charge in [-0.3, -0.25) is 10.1 Å². The van der Waals surface area contributed by atoms with E-state index < -0.39 is 27.9 Å². The minimum absolute atomic E-state index is 0.0821. The molecule has 20 heavy (non-hydrogen) atoms. The van der Waals surface area contributed by atoms with Crippen molar-refractivity contribution in [3.05, 3.63) is 51.7 Å². The molecule has 0 aliphatic carbocycles. The number of nitrogens with one attached hydrogen (secondary N) is 1. The minimum atomic E-state index is -1.30. The van der Waals surface area contributed by atoms with Crippen LogP contribution in [0.4, 0.5) is 20.2 Å². The number of aromatic nitrogens is 1. The molecule has 0 amide bonds. The van der Waals surface area contributed by atoms with Crippen LogP contribution in [0.3, 0.4) is 0 Å². The summed E-state index contributed by atoms with van der Waals surface area (Å²) in [5.41, 5.74) is -1.07. The van der Waals surface area contributed by atoms with Gasteiger partial charge in [0, 0.05) is 12.5 Å². The number of hydrogen-bond donors (Lipinski definition) is 1. The van der Waals surface area contributed by atoms with Crippen LogP contribution in [0.15, 0.2) is 22.7 Å². The third-order valence-corrected chi connectivity index (χ3v) is 2.64. The van der Waals surface area contributed by atoms with Crippen molar-refractivity contribution in [2.24, 2.45) is 0 Å². The van der Waals surface area contributed by atoms with Gasteiger partial charge in [-0.1, -0.05) is 6.92 Å². The first kappa shape index (κ1) is 13.9. The van der Waals surface area contributed by atoms with E-state index in [1.165, 1.54) is 6.20 Å². The number of rotatable bonds is 5. The first-order valence-electron chi connectivity index (χ1n) is 5.82. The lowest BCUT2D eigenvalue weighted by Crippen LogP contribution is -2.06. The van der Waals surface area contributed by atoms with Crippen molar-refractivity contribution in [1.82, 2.24) is 4.98 Å². The Bertz CT molecular complexity index is 643. The SMILES string of the molecule is CCc1cnc(CNc2c([N+](=O)[O-])ccc(F)c2F)o1. The maximum Gasteiger partial charge on any atom is 0.295 e. The van der Waals surface area contributed by atoms with Gasteiger partial charge < -0.3 is 9.73 Å². The summed E-state index contributed by atoms with van der Waals surface area (Å²) in [5, 5.41) is 13.2. The van der Waals surface area contributed by atoms with E-state index in [4.69, 9.17) is 4.42 Å². The Morgan fingerprint density at radius 3 is 2.80 bits per heavy atom. The summed E-state index contributed by atoms with van der Waals surface area (Å²) in [6.45, 7) is 1.79. The number of benzene rings is 1. The highest BCUT2D eigenvalue weighted by Gasteiger charge is 2.21. The molecular formula is C12H11F2N3O3. The van der Waals surface area contributed by atoms with Crippen LogP contribution in [-0.2, 0) is 13.0 Å². The maximum atomic E-state index is 13.6. The number of nitrogens with zero attached hydrogens (tertiary/aromatic N) is 2. The van der Waals surface area contributed by atoms with Crippen LogP contribution in [0.1, 0.15) is 18.6 Å². The molecule has 106 valence electrons. The van der Waals surface area contributed by atoms with Gasteiger partial charge >= 0.3 is 0 Å². The normalized spacial score (nSPS) is 10.6. The highest BCUT2D eigenvalue weighted by Crippen LogP contribution is 2.29. The van der Waals surface area contributed by atoms with Crippen molar-refractivity contribution in [1.29, 1.82) is 0 Å². The van der Waals surface area contributed by atoms with Gasteiger partial charge in [-0.25, -0.2) is 13.8 Å². The number of aryl methyl sites for hydroxylation is 1. The molecule has 0 saturated carbocycles. The van der Waals surface area contributed by atoms with Crippen LogP contribution in [0.2, 0.25) is 0 Å². The molecule has 0 fully saturated rings. The molecule has 0 atom stereocenters. The molecule has 0 bridgehead atoms. The summed E-state index contributed by atoms with van der Waals surface area (Å²) in [7, 11) is 0. The molecule has 1 aromatic carbocycles. The highest BCUT2D eigenvalue weighted by molar-refractivity contribution is 5.62. The average molecular weight is 283 g/mol. The van der Waals surface area contributed by atoms with Gasteiger partial charge in [-0.15, -0.1) is 0 Å². The number of halogens is 2. The molecule has 6 nitrogen and oxygen atoms in total. The zero-order valence-electron chi connectivity index (χ0n) is 10.5. The summed E-state index contributed by atoms with van der Waals surface area (Å²) in [6.07, 6.45) is 2.15. The van der Waals surface area contributed by atoms with Gasteiger partial charge in [-0.05, 0) is 6.07 Å². The fourth-order valence-electron chi connectivity index (χ4n) is 1.62.